The molecule has 100 valence electrons. The lowest BCUT2D eigenvalue weighted by Gasteiger charge is -2.22. The normalized spacial score (nSPS) is 21.6. The smallest absolute Gasteiger partial charge is 0.324 e. The number of hydrogen-bond acceptors (Lipinski definition) is 4. The number of nitrogens with one attached hydrogen (secondary N) is 4. The summed E-state index contributed by atoms with van der Waals surface area (Å²) >= 11 is 0. The molecule has 0 bridgehead atoms. The Morgan fingerprint density at radius 1 is 1.32 bits per heavy atom. The summed E-state index contributed by atoms with van der Waals surface area (Å²) in [5.74, 6) is -0.899. The predicted octanol–water partition coefficient (Wildman–Crippen LogP) is -0.578. The van der Waals surface area contributed by atoms with Crippen LogP contribution in [0.2, 0.25) is 0 Å². The van der Waals surface area contributed by atoms with Crippen LogP contribution < -0.4 is 21.3 Å². The van der Waals surface area contributed by atoms with Crippen LogP contribution in [0.5, 0.6) is 0 Å². The van der Waals surface area contributed by atoms with E-state index in [4.69, 9.17) is 0 Å². The second-order valence-electron chi connectivity index (χ2n) is 3.87. The van der Waals surface area contributed by atoms with Gasteiger partial charge in [-0.3, -0.25) is 15.4 Å². The van der Waals surface area contributed by atoms with Gasteiger partial charge in [0.15, 0.2) is 0 Å². The average molecular weight is 264 g/mol. The zero-order valence-electron chi connectivity index (χ0n) is 9.98. The van der Waals surface area contributed by atoms with Crippen LogP contribution in [-0.2, 0) is 10.5 Å². The topological polar surface area (TPSA) is 120 Å². The van der Waals surface area contributed by atoms with Gasteiger partial charge in [-0.2, -0.15) is 0 Å². The van der Waals surface area contributed by atoms with Gasteiger partial charge in [0.05, 0.1) is 5.69 Å². The first-order chi connectivity index (χ1) is 8.97. The van der Waals surface area contributed by atoms with Crippen LogP contribution in [0.4, 0.5) is 15.3 Å². The van der Waals surface area contributed by atoms with E-state index in [0.717, 1.165) is 0 Å². The number of aliphatic hydroxyl groups is 1. The van der Waals surface area contributed by atoms with Crippen molar-refractivity contribution < 1.29 is 19.5 Å². The third kappa shape index (κ3) is 2.20. The van der Waals surface area contributed by atoms with E-state index in [9.17, 15) is 19.5 Å². The number of rotatable bonds is 2. The second kappa shape index (κ2) is 4.58. The molecule has 1 fully saturated rings. The van der Waals surface area contributed by atoms with Crippen molar-refractivity contribution in [3.8, 4) is 0 Å². The molecule has 1 aliphatic heterocycles. The highest BCUT2D eigenvalue weighted by Gasteiger charge is 2.47. The van der Waals surface area contributed by atoms with Gasteiger partial charge in [-0.1, -0.05) is 18.2 Å². The number of amides is 5. The van der Waals surface area contributed by atoms with E-state index in [1.54, 1.807) is 12.1 Å². The van der Waals surface area contributed by atoms with Gasteiger partial charge in [0.1, 0.15) is 0 Å². The fraction of sp³-hybridized carbons (Fsp3) is 0.182. The number of benzene rings is 1. The number of hydrogen-bond donors (Lipinski definition) is 5. The summed E-state index contributed by atoms with van der Waals surface area (Å²) in [6.07, 6.45) is 0. The van der Waals surface area contributed by atoms with Crippen molar-refractivity contribution >= 4 is 23.7 Å². The molecule has 19 heavy (non-hydrogen) atoms. The van der Waals surface area contributed by atoms with Gasteiger partial charge in [-0.05, 0) is 6.07 Å². The van der Waals surface area contributed by atoms with Crippen LogP contribution in [0, 0.1) is 0 Å². The highest BCUT2D eigenvalue weighted by molar-refractivity contribution is 6.07. The number of imide groups is 1. The first kappa shape index (κ1) is 12.8. The lowest BCUT2D eigenvalue weighted by molar-refractivity contribution is -0.137. The monoisotopic (exact) mass is 264 g/mol. The molecule has 2 rings (SSSR count). The van der Waals surface area contributed by atoms with Crippen molar-refractivity contribution in [1.82, 2.24) is 16.0 Å². The summed E-state index contributed by atoms with van der Waals surface area (Å²) < 4.78 is 0. The summed E-state index contributed by atoms with van der Waals surface area (Å²) in [5.41, 5.74) is -1.92. The van der Waals surface area contributed by atoms with Crippen LogP contribution in [-0.4, -0.2) is 30.1 Å². The summed E-state index contributed by atoms with van der Waals surface area (Å²) in [7, 11) is 1.43. The van der Waals surface area contributed by atoms with E-state index >= 15 is 0 Å². The minimum Gasteiger partial charge on any atom is -0.359 e. The third-order valence-corrected chi connectivity index (χ3v) is 2.64. The van der Waals surface area contributed by atoms with Crippen LogP contribution >= 0.6 is 0 Å². The van der Waals surface area contributed by atoms with Crippen molar-refractivity contribution in [3.05, 3.63) is 29.8 Å². The second-order valence-corrected chi connectivity index (χ2v) is 3.87. The molecule has 1 saturated heterocycles. The van der Waals surface area contributed by atoms with Crippen molar-refractivity contribution in [1.29, 1.82) is 0 Å². The molecule has 0 radical (unpaired) electrons. The van der Waals surface area contributed by atoms with Crippen LogP contribution in [0.15, 0.2) is 24.3 Å². The van der Waals surface area contributed by atoms with E-state index in [-0.39, 0.29) is 11.3 Å². The van der Waals surface area contributed by atoms with E-state index in [1.807, 2.05) is 5.32 Å². The van der Waals surface area contributed by atoms with Crippen LogP contribution in [0.3, 0.4) is 0 Å². The van der Waals surface area contributed by atoms with Crippen molar-refractivity contribution in [3.63, 3.8) is 0 Å². The molecule has 5 amide bonds. The molecule has 0 spiro atoms. The molecule has 0 aliphatic carbocycles. The van der Waals surface area contributed by atoms with E-state index in [1.165, 1.54) is 19.2 Å². The van der Waals surface area contributed by atoms with Gasteiger partial charge in [0.25, 0.3) is 5.91 Å². The zero-order valence-corrected chi connectivity index (χ0v) is 9.98. The van der Waals surface area contributed by atoms with Gasteiger partial charge in [0.2, 0.25) is 5.72 Å². The fourth-order valence-electron chi connectivity index (χ4n) is 1.73. The van der Waals surface area contributed by atoms with Gasteiger partial charge < -0.3 is 15.7 Å². The summed E-state index contributed by atoms with van der Waals surface area (Å²) in [6, 6.07) is 4.80. The number of carbonyl (C=O) groups excluding carboxylic acids is 3. The first-order valence-corrected chi connectivity index (χ1v) is 5.41. The Kier molecular flexibility index (Phi) is 3.09. The highest BCUT2D eigenvalue weighted by Crippen LogP contribution is 2.28. The summed E-state index contributed by atoms with van der Waals surface area (Å²) in [5, 5.41) is 19.1. The molecule has 8 heteroatoms. The molecule has 0 aromatic heterocycles. The molecule has 5 N–H and O–H groups in total. The van der Waals surface area contributed by atoms with Crippen molar-refractivity contribution in [2.75, 3.05) is 12.4 Å². The Balaban J connectivity index is 2.42. The maximum absolute atomic E-state index is 11.6. The molecule has 1 unspecified atom stereocenters. The van der Waals surface area contributed by atoms with Crippen molar-refractivity contribution in [2.24, 2.45) is 0 Å². The molecule has 1 aromatic carbocycles. The molecular formula is C11H12N4O4. The van der Waals surface area contributed by atoms with Gasteiger partial charge in [0, 0.05) is 12.6 Å². The Hall–Kier alpha value is -2.61. The zero-order chi connectivity index (χ0) is 14.0. The predicted molar refractivity (Wildman–Crippen MR) is 65.1 cm³/mol. The van der Waals surface area contributed by atoms with E-state index in [2.05, 4.69) is 16.0 Å². The Labute approximate surface area is 108 Å². The van der Waals surface area contributed by atoms with Crippen molar-refractivity contribution in [2.45, 2.75) is 5.72 Å². The number of para-hydroxylation sites is 1. The molecule has 1 heterocycles. The molecule has 8 nitrogen and oxygen atoms in total. The standard InChI is InChI=1S/C11H12N4O4/c1-12-9(17)13-7-5-3-2-4-6(7)11(19)8(16)14-10(18)15-11/h2-5,19H,1H3,(H2,12,13,17)(H2,14,15,16,18). The number of urea groups is 2. The van der Waals surface area contributed by atoms with E-state index in [0.29, 0.717) is 0 Å². The number of anilines is 1. The minimum atomic E-state index is -2.20. The average Bonchev–Trinajstić information content (AvgIpc) is 2.64. The fourth-order valence-corrected chi connectivity index (χ4v) is 1.73. The molecule has 1 aromatic rings. The Morgan fingerprint density at radius 2 is 2.00 bits per heavy atom. The largest absolute Gasteiger partial charge is 0.359 e. The van der Waals surface area contributed by atoms with Crippen LogP contribution in [0.25, 0.3) is 0 Å². The maximum atomic E-state index is 11.6. The summed E-state index contributed by atoms with van der Waals surface area (Å²) in [4.78, 5) is 34.1. The van der Waals surface area contributed by atoms with Gasteiger partial charge >= 0.3 is 12.1 Å². The first-order valence-electron chi connectivity index (χ1n) is 5.41. The van der Waals surface area contributed by atoms with Crippen LogP contribution in [0.1, 0.15) is 5.56 Å². The van der Waals surface area contributed by atoms with Gasteiger partial charge in [-0.15, -0.1) is 0 Å². The lowest BCUT2D eigenvalue weighted by atomic mass is 10.0. The van der Waals surface area contributed by atoms with E-state index < -0.39 is 23.7 Å². The third-order valence-electron chi connectivity index (χ3n) is 2.64. The number of carbonyl (C=O) groups is 3. The molecular weight excluding hydrogens is 252 g/mol. The highest BCUT2D eigenvalue weighted by atomic mass is 16.3. The Morgan fingerprint density at radius 3 is 2.58 bits per heavy atom. The van der Waals surface area contributed by atoms with Gasteiger partial charge in [-0.25, -0.2) is 9.59 Å². The molecule has 0 saturated carbocycles. The minimum absolute atomic E-state index is 0.0713. The SMILES string of the molecule is CNC(=O)Nc1ccccc1C1(O)NC(=O)NC1=O. The summed E-state index contributed by atoms with van der Waals surface area (Å²) in [6.45, 7) is 0. The molecule has 1 atom stereocenters. The maximum Gasteiger partial charge on any atom is 0.324 e. The molecule has 1 aliphatic rings. The Bertz CT molecular complexity index is 559. The quantitative estimate of drug-likeness (QED) is 0.459. The lowest BCUT2D eigenvalue weighted by Crippen LogP contribution is -2.44.